The molecule has 0 spiro atoms. The smallest absolute Gasteiger partial charge is 0.0641 e. The van der Waals surface area contributed by atoms with Crippen LogP contribution in [0.2, 0.25) is 0 Å². The maximum Gasteiger partial charge on any atom is 0.0641 e. The van der Waals surface area contributed by atoms with Gasteiger partial charge in [0.2, 0.25) is 0 Å². The van der Waals surface area contributed by atoms with Crippen LogP contribution < -0.4 is 0 Å². The number of rotatable bonds is 9. The van der Waals surface area contributed by atoms with Gasteiger partial charge in [0, 0.05) is 9.85 Å². The number of aryl methyl sites for hydroxylation is 1. The van der Waals surface area contributed by atoms with Gasteiger partial charge in [-0.3, -0.25) is 0 Å². The highest BCUT2D eigenvalue weighted by Crippen LogP contribution is 2.46. The Kier molecular flexibility index (Phi) is 6.37. The van der Waals surface area contributed by atoms with Crippen molar-refractivity contribution < 1.29 is 0 Å². The van der Waals surface area contributed by atoms with E-state index in [0.29, 0.717) is 0 Å². The molecule has 0 N–H and O–H groups in total. The van der Waals surface area contributed by atoms with Crippen LogP contribution in [0.4, 0.5) is 0 Å². The van der Waals surface area contributed by atoms with Gasteiger partial charge in [-0.1, -0.05) is 51.9 Å². The normalized spacial score (nSPS) is 11.9. The van der Waals surface area contributed by atoms with Crippen molar-refractivity contribution >= 4 is 68.7 Å². The van der Waals surface area contributed by atoms with E-state index in [4.69, 9.17) is 0 Å². The van der Waals surface area contributed by atoms with Gasteiger partial charge in [0.1, 0.15) is 0 Å². The third kappa shape index (κ3) is 3.77. The van der Waals surface area contributed by atoms with E-state index in [1.807, 2.05) is 34.0 Å². The zero-order valence-electron chi connectivity index (χ0n) is 13.1. The predicted octanol–water partition coefficient (Wildman–Crippen LogP) is 8.62. The standard InChI is InChI=1S/C18H23BrS3/c1-2-3-4-5-6-7-8-9-10-13-11-20-17-15(13)22-16-14(19)12-21-18(16)17/h11-12H,2-10H2,1H3. The van der Waals surface area contributed by atoms with Gasteiger partial charge >= 0.3 is 0 Å². The van der Waals surface area contributed by atoms with Crippen molar-refractivity contribution in [2.75, 3.05) is 0 Å². The molecule has 0 bridgehead atoms. The third-order valence-corrected chi connectivity index (χ3v) is 9.15. The SMILES string of the molecule is CCCCCCCCCCc1csc2c1sc1c(Br)csc12. The lowest BCUT2D eigenvalue weighted by Gasteiger charge is -2.01. The van der Waals surface area contributed by atoms with E-state index in [-0.39, 0.29) is 0 Å². The summed E-state index contributed by atoms with van der Waals surface area (Å²) < 4.78 is 7.28. The number of unbranched alkanes of at least 4 members (excludes halogenated alkanes) is 7. The molecule has 0 aliphatic carbocycles. The minimum atomic E-state index is 1.26. The summed E-state index contributed by atoms with van der Waals surface area (Å²) in [5.74, 6) is 0. The first-order valence-electron chi connectivity index (χ1n) is 8.36. The molecule has 22 heavy (non-hydrogen) atoms. The Morgan fingerprint density at radius 1 is 0.773 bits per heavy atom. The monoisotopic (exact) mass is 414 g/mol. The van der Waals surface area contributed by atoms with Crippen LogP contribution in [-0.2, 0) is 6.42 Å². The van der Waals surface area contributed by atoms with Crippen molar-refractivity contribution in [3.8, 4) is 0 Å². The zero-order valence-corrected chi connectivity index (χ0v) is 17.2. The number of halogens is 1. The molecule has 3 aromatic heterocycles. The van der Waals surface area contributed by atoms with Crippen molar-refractivity contribution in [1.29, 1.82) is 0 Å². The van der Waals surface area contributed by atoms with Crippen LogP contribution in [0, 0.1) is 0 Å². The predicted molar refractivity (Wildman–Crippen MR) is 109 cm³/mol. The lowest BCUT2D eigenvalue weighted by molar-refractivity contribution is 0.576. The first kappa shape index (κ1) is 16.9. The maximum absolute atomic E-state index is 3.68. The summed E-state index contributed by atoms with van der Waals surface area (Å²) in [6.07, 6.45) is 12.5. The molecule has 0 fully saturated rings. The van der Waals surface area contributed by atoms with Gasteiger partial charge in [0.25, 0.3) is 0 Å². The van der Waals surface area contributed by atoms with Crippen LogP contribution in [-0.4, -0.2) is 0 Å². The fourth-order valence-electron chi connectivity index (χ4n) is 2.95. The van der Waals surface area contributed by atoms with Gasteiger partial charge in [-0.2, -0.15) is 0 Å². The maximum atomic E-state index is 3.68. The van der Waals surface area contributed by atoms with Gasteiger partial charge in [-0.15, -0.1) is 34.0 Å². The molecule has 3 aromatic rings. The molecule has 0 amide bonds. The van der Waals surface area contributed by atoms with Crippen LogP contribution in [0.25, 0.3) is 18.8 Å². The molecule has 3 rings (SSSR count). The molecular formula is C18H23BrS3. The van der Waals surface area contributed by atoms with Gasteiger partial charge in [-0.05, 0) is 39.7 Å². The quantitative estimate of drug-likeness (QED) is 0.307. The van der Waals surface area contributed by atoms with Crippen molar-refractivity contribution in [3.05, 3.63) is 20.8 Å². The molecule has 3 heterocycles. The van der Waals surface area contributed by atoms with Crippen LogP contribution >= 0.6 is 49.9 Å². The molecular weight excluding hydrogens is 392 g/mol. The van der Waals surface area contributed by atoms with E-state index < -0.39 is 0 Å². The highest BCUT2D eigenvalue weighted by molar-refractivity contribution is 9.10. The Morgan fingerprint density at radius 3 is 2.18 bits per heavy atom. The van der Waals surface area contributed by atoms with Gasteiger partial charge in [-0.25, -0.2) is 0 Å². The van der Waals surface area contributed by atoms with E-state index in [1.165, 1.54) is 76.4 Å². The Bertz CT molecular complexity index is 719. The topological polar surface area (TPSA) is 0 Å². The Balaban J connectivity index is 1.50. The van der Waals surface area contributed by atoms with E-state index in [9.17, 15) is 0 Å². The van der Waals surface area contributed by atoms with Gasteiger partial charge in [0.05, 0.1) is 18.8 Å². The lowest BCUT2D eigenvalue weighted by Crippen LogP contribution is -1.84. The number of fused-ring (bicyclic) bond motifs is 3. The minimum absolute atomic E-state index is 1.26. The second-order valence-corrected chi connectivity index (χ2v) is 9.62. The first-order valence-corrected chi connectivity index (χ1v) is 11.7. The second kappa shape index (κ2) is 8.27. The van der Waals surface area contributed by atoms with Crippen molar-refractivity contribution in [2.24, 2.45) is 0 Å². The van der Waals surface area contributed by atoms with Gasteiger partial charge in [0.15, 0.2) is 0 Å². The molecule has 0 aromatic carbocycles. The summed E-state index contributed by atoms with van der Waals surface area (Å²) in [6, 6.07) is 0. The van der Waals surface area contributed by atoms with Crippen LogP contribution in [0.5, 0.6) is 0 Å². The fourth-order valence-corrected chi connectivity index (χ4v) is 7.66. The van der Waals surface area contributed by atoms with E-state index in [2.05, 4.69) is 33.6 Å². The Labute approximate surface area is 153 Å². The molecule has 0 nitrogen and oxygen atoms in total. The van der Waals surface area contributed by atoms with Gasteiger partial charge < -0.3 is 0 Å². The van der Waals surface area contributed by atoms with Crippen LogP contribution in [0.1, 0.15) is 63.9 Å². The minimum Gasteiger partial charge on any atom is -0.141 e. The van der Waals surface area contributed by atoms with Crippen molar-refractivity contribution in [3.63, 3.8) is 0 Å². The van der Waals surface area contributed by atoms with Crippen molar-refractivity contribution in [1.82, 2.24) is 0 Å². The molecule has 4 heteroatoms. The summed E-state index contributed by atoms with van der Waals surface area (Å²) in [5.41, 5.74) is 1.59. The molecule has 0 radical (unpaired) electrons. The van der Waals surface area contributed by atoms with Crippen molar-refractivity contribution in [2.45, 2.75) is 64.7 Å². The Morgan fingerprint density at radius 2 is 1.41 bits per heavy atom. The molecule has 0 aliphatic heterocycles. The fraction of sp³-hybridized carbons (Fsp3) is 0.556. The third-order valence-electron chi connectivity index (χ3n) is 4.23. The first-order chi connectivity index (χ1) is 10.8. The van der Waals surface area contributed by atoms with Crippen LogP contribution in [0.3, 0.4) is 0 Å². The highest BCUT2D eigenvalue weighted by Gasteiger charge is 2.14. The largest absolute Gasteiger partial charge is 0.141 e. The summed E-state index contributed by atoms with van der Waals surface area (Å²) in [4.78, 5) is 0. The highest BCUT2D eigenvalue weighted by atomic mass is 79.9. The number of hydrogen-bond acceptors (Lipinski definition) is 3. The van der Waals surface area contributed by atoms with E-state index in [0.717, 1.165) is 0 Å². The van der Waals surface area contributed by atoms with Crippen LogP contribution in [0.15, 0.2) is 15.2 Å². The summed E-state index contributed by atoms with van der Waals surface area (Å²) in [6.45, 7) is 2.29. The number of thiophene rings is 3. The molecule has 0 aliphatic rings. The molecule has 120 valence electrons. The molecule has 0 unspecified atom stereocenters. The average Bonchev–Trinajstić information content (AvgIpc) is 3.16. The zero-order chi connectivity index (χ0) is 15.4. The summed E-state index contributed by atoms with van der Waals surface area (Å²) in [7, 11) is 0. The second-order valence-electron chi connectivity index (χ2n) is 5.99. The summed E-state index contributed by atoms with van der Waals surface area (Å²) >= 11 is 9.48. The molecule has 0 saturated heterocycles. The summed E-state index contributed by atoms with van der Waals surface area (Å²) in [5, 5.41) is 4.62. The molecule has 0 atom stereocenters. The van der Waals surface area contributed by atoms with E-state index >= 15 is 0 Å². The average molecular weight is 415 g/mol. The van der Waals surface area contributed by atoms with E-state index in [1.54, 1.807) is 10.3 Å². The molecule has 0 saturated carbocycles. The number of hydrogen-bond donors (Lipinski definition) is 0. The lowest BCUT2D eigenvalue weighted by atomic mass is 10.1. The Hall–Kier alpha value is 0.1000.